The number of thiophene rings is 1. The van der Waals surface area contributed by atoms with Gasteiger partial charge in [0.1, 0.15) is 11.4 Å². The van der Waals surface area contributed by atoms with Crippen molar-refractivity contribution in [3.8, 4) is 16.3 Å². The maximum Gasteiger partial charge on any atom is 0.270 e. The van der Waals surface area contributed by atoms with E-state index in [9.17, 15) is 4.79 Å². The van der Waals surface area contributed by atoms with Crippen molar-refractivity contribution in [2.75, 3.05) is 0 Å². The van der Waals surface area contributed by atoms with Gasteiger partial charge in [-0.05, 0) is 53.9 Å². The molecule has 27 heavy (non-hydrogen) atoms. The number of halogens is 1. The largest absolute Gasteiger partial charge is 0.345 e. The first kappa shape index (κ1) is 17.5. The zero-order chi connectivity index (χ0) is 18.6. The van der Waals surface area contributed by atoms with Gasteiger partial charge in [0, 0.05) is 11.2 Å². The number of rotatable bonds is 5. The third-order valence-electron chi connectivity index (χ3n) is 3.94. The van der Waals surface area contributed by atoms with Gasteiger partial charge < -0.3 is 5.32 Å². The van der Waals surface area contributed by atoms with Crippen LogP contribution in [0.1, 0.15) is 16.2 Å². The maximum absolute atomic E-state index is 12.8. The van der Waals surface area contributed by atoms with Crippen LogP contribution in [-0.4, -0.2) is 20.7 Å². The van der Waals surface area contributed by atoms with E-state index in [0.717, 1.165) is 22.0 Å². The van der Waals surface area contributed by atoms with Gasteiger partial charge in [-0.15, -0.1) is 11.3 Å². The number of nitrogens with one attached hydrogen (secondary N) is 1. The molecule has 0 atom stereocenters. The molecule has 0 saturated carbocycles. The molecule has 7 heteroatoms. The number of hydrogen-bond acceptors (Lipinski definition) is 4. The fourth-order valence-corrected chi connectivity index (χ4v) is 3.44. The standard InChI is InChI=1S/C20H15ClN4OS/c21-14-6-8-16(9-7-14)25-18(12-17(24-25)19-5-3-11-27-19)20(26)23-13-15-4-1-2-10-22-15/h1-12H,13H2,(H,23,26). The van der Waals surface area contributed by atoms with E-state index >= 15 is 0 Å². The Labute approximate surface area is 165 Å². The summed E-state index contributed by atoms with van der Waals surface area (Å²) >= 11 is 7.57. The van der Waals surface area contributed by atoms with Gasteiger partial charge in [-0.2, -0.15) is 5.10 Å². The number of amides is 1. The summed E-state index contributed by atoms with van der Waals surface area (Å²) in [5, 5.41) is 10.2. The van der Waals surface area contributed by atoms with E-state index in [1.165, 1.54) is 0 Å². The van der Waals surface area contributed by atoms with Crippen molar-refractivity contribution < 1.29 is 4.79 Å². The summed E-state index contributed by atoms with van der Waals surface area (Å²) < 4.78 is 1.64. The highest BCUT2D eigenvalue weighted by atomic mass is 35.5. The normalized spacial score (nSPS) is 10.7. The molecule has 5 nitrogen and oxygen atoms in total. The molecule has 1 aromatic carbocycles. The second-order valence-corrected chi connectivity index (χ2v) is 7.17. The Bertz CT molecular complexity index is 1040. The number of nitrogens with zero attached hydrogens (tertiary/aromatic N) is 3. The van der Waals surface area contributed by atoms with Crippen LogP contribution < -0.4 is 5.32 Å². The van der Waals surface area contributed by atoms with E-state index in [2.05, 4.69) is 15.4 Å². The lowest BCUT2D eigenvalue weighted by Crippen LogP contribution is -2.25. The van der Waals surface area contributed by atoms with Gasteiger partial charge in [0.05, 0.1) is 22.8 Å². The van der Waals surface area contributed by atoms with Crippen LogP contribution in [0.4, 0.5) is 0 Å². The molecule has 134 valence electrons. The van der Waals surface area contributed by atoms with Gasteiger partial charge >= 0.3 is 0 Å². The summed E-state index contributed by atoms with van der Waals surface area (Å²) in [4.78, 5) is 18.1. The second-order valence-electron chi connectivity index (χ2n) is 5.78. The van der Waals surface area contributed by atoms with Crippen molar-refractivity contribution in [3.05, 3.63) is 88.7 Å². The lowest BCUT2D eigenvalue weighted by atomic mass is 10.2. The summed E-state index contributed by atoms with van der Waals surface area (Å²) in [5.74, 6) is -0.217. The van der Waals surface area contributed by atoms with Gasteiger partial charge in [0.15, 0.2) is 0 Å². The predicted octanol–water partition coefficient (Wildman–Crippen LogP) is 4.58. The average Bonchev–Trinajstić information content (AvgIpc) is 3.37. The van der Waals surface area contributed by atoms with E-state index in [4.69, 9.17) is 11.6 Å². The first-order valence-electron chi connectivity index (χ1n) is 8.29. The van der Waals surface area contributed by atoms with E-state index in [-0.39, 0.29) is 5.91 Å². The Balaban J connectivity index is 1.67. The summed E-state index contributed by atoms with van der Waals surface area (Å²) in [6, 6.07) is 18.6. The van der Waals surface area contributed by atoms with Gasteiger partial charge in [-0.3, -0.25) is 9.78 Å². The van der Waals surface area contributed by atoms with Crippen molar-refractivity contribution in [2.45, 2.75) is 6.54 Å². The van der Waals surface area contributed by atoms with Crippen LogP contribution in [0.15, 0.2) is 72.2 Å². The number of carbonyl (C=O) groups excluding carboxylic acids is 1. The Morgan fingerprint density at radius 1 is 1.11 bits per heavy atom. The van der Waals surface area contributed by atoms with Crippen molar-refractivity contribution in [1.82, 2.24) is 20.1 Å². The maximum atomic E-state index is 12.8. The van der Waals surface area contributed by atoms with Gasteiger partial charge in [-0.25, -0.2) is 4.68 Å². The molecule has 0 saturated heterocycles. The molecule has 0 spiro atoms. The molecule has 0 aliphatic heterocycles. The summed E-state index contributed by atoms with van der Waals surface area (Å²) in [6.45, 7) is 0.347. The summed E-state index contributed by atoms with van der Waals surface area (Å²) in [6.07, 6.45) is 1.70. The van der Waals surface area contributed by atoms with E-state index in [0.29, 0.717) is 17.3 Å². The van der Waals surface area contributed by atoms with Crippen LogP contribution in [0.2, 0.25) is 5.02 Å². The zero-order valence-corrected chi connectivity index (χ0v) is 15.7. The highest BCUT2D eigenvalue weighted by Gasteiger charge is 2.18. The minimum absolute atomic E-state index is 0.217. The molecule has 0 bridgehead atoms. The van der Waals surface area contributed by atoms with Crippen molar-refractivity contribution in [3.63, 3.8) is 0 Å². The molecule has 4 rings (SSSR count). The highest BCUT2D eigenvalue weighted by Crippen LogP contribution is 2.26. The molecule has 0 radical (unpaired) electrons. The molecular weight excluding hydrogens is 380 g/mol. The lowest BCUT2D eigenvalue weighted by molar-refractivity contribution is 0.0942. The Kier molecular flexibility index (Phi) is 5.00. The quantitative estimate of drug-likeness (QED) is 0.539. The second kappa shape index (κ2) is 7.73. The monoisotopic (exact) mass is 394 g/mol. The average molecular weight is 395 g/mol. The minimum Gasteiger partial charge on any atom is -0.345 e. The van der Waals surface area contributed by atoms with E-state index in [1.54, 1.807) is 40.4 Å². The molecule has 1 N–H and O–H groups in total. The van der Waals surface area contributed by atoms with Crippen LogP contribution in [0, 0.1) is 0 Å². The molecule has 0 unspecified atom stereocenters. The van der Waals surface area contributed by atoms with Crippen molar-refractivity contribution in [1.29, 1.82) is 0 Å². The van der Waals surface area contributed by atoms with Crippen LogP contribution >= 0.6 is 22.9 Å². The number of pyridine rings is 1. The third kappa shape index (κ3) is 3.92. The van der Waals surface area contributed by atoms with Gasteiger partial charge in [0.2, 0.25) is 0 Å². The Morgan fingerprint density at radius 2 is 1.96 bits per heavy atom. The van der Waals surface area contributed by atoms with Gasteiger partial charge in [0.25, 0.3) is 5.91 Å². The van der Waals surface area contributed by atoms with E-state index in [1.807, 2.05) is 47.8 Å². The molecule has 4 aromatic rings. The molecule has 3 heterocycles. The zero-order valence-electron chi connectivity index (χ0n) is 14.2. The first-order chi connectivity index (χ1) is 13.2. The van der Waals surface area contributed by atoms with Crippen LogP contribution in [0.25, 0.3) is 16.3 Å². The lowest BCUT2D eigenvalue weighted by Gasteiger charge is -2.08. The highest BCUT2D eigenvalue weighted by molar-refractivity contribution is 7.13. The topological polar surface area (TPSA) is 59.8 Å². The van der Waals surface area contributed by atoms with Gasteiger partial charge in [-0.1, -0.05) is 23.7 Å². The Morgan fingerprint density at radius 3 is 2.67 bits per heavy atom. The third-order valence-corrected chi connectivity index (χ3v) is 5.09. The molecular formula is C20H15ClN4OS. The summed E-state index contributed by atoms with van der Waals surface area (Å²) in [5.41, 5.74) is 2.77. The molecule has 3 aromatic heterocycles. The fraction of sp³-hybridized carbons (Fsp3) is 0.0500. The van der Waals surface area contributed by atoms with Crippen LogP contribution in [0.5, 0.6) is 0 Å². The van der Waals surface area contributed by atoms with Crippen LogP contribution in [-0.2, 0) is 6.54 Å². The number of benzene rings is 1. The smallest absolute Gasteiger partial charge is 0.270 e. The Hall–Kier alpha value is -2.96. The molecule has 0 aliphatic rings. The molecule has 0 fully saturated rings. The molecule has 0 aliphatic carbocycles. The van der Waals surface area contributed by atoms with Crippen molar-refractivity contribution in [2.24, 2.45) is 0 Å². The molecule has 1 amide bonds. The van der Waals surface area contributed by atoms with Crippen LogP contribution in [0.3, 0.4) is 0 Å². The SMILES string of the molecule is O=C(NCc1ccccn1)c1cc(-c2cccs2)nn1-c1ccc(Cl)cc1. The number of hydrogen-bond donors (Lipinski definition) is 1. The fourth-order valence-electron chi connectivity index (χ4n) is 2.63. The number of carbonyl (C=O) groups is 1. The minimum atomic E-state index is -0.217. The summed E-state index contributed by atoms with van der Waals surface area (Å²) in [7, 11) is 0. The predicted molar refractivity (Wildman–Crippen MR) is 107 cm³/mol. The van der Waals surface area contributed by atoms with Crippen molar-refractivity contribution >= 4 is 28.8 Å². The first-order valence-corrected chi connectivity index (χ1v) is 9.54. The number of aromatic nitrogens is 3. The van der Waals surface area contributed by atoms with E-state index < -0.39 is 0 Å².